The molecule has 2 rings (SSSR count). The summed E-state index contributed by atoms with van der Waals surface area (Å²) >= 11 is 0. The first-order valence-electron chi connectivity index (χ1n) is 6.46. The summed E-state index contributed by atoms with van der Waals surface area (Å²) in [6.45, 7) is 3.12. The Morgan fingerprint density at radius 2 is 2.05 bits per heavy atom. The predicted molar refractivity (Wildman–Crippen MR) is 73.3 cm³/mol. The predicted octanol–water partition coefficient (Wildman–Crippen LogP) is 1.67. The van der Waals surface area contributed by atoms with Crippen molar-refractivity contribution >= 4 is 11.6 Å². The number of rotatable bonds is 3. The molecule has 1 saturated heterocycles. The molecular weight excluding hydrogens is 244 g/mol. The fraction of sp³-hybridized carbons (Fsp3) is 0.500. The third-order valence-electron chi connectivity index (χ3n) is 3.40. The number of methoxy groups -OCH3 is 1. The lowest BCUT2D eigenvalue weighted by molar-refractivity contribution is -0.130. The first-order chi connectivity index (χ1) is 9.10. The van der Waals surface area contributed by atoms with Crippen LogP contribution in [0.4, 0.5) is 5.69 Å². The summed E-state index contributed by atoms with van der Waals surface area (Å²) in [5, 5.41) is 0. The molecule has 0 radical (unpaired) electrons. The molecule has 0 aromatic heterocycles. The molecule has 0 aliphatic carbocycles. The fourth-order valence-electron chi connectivity index (χ4n) is 2.25. The van der Waals surface area contributed by atoms with E-state index in [0.29, 0.717) is 11.4 Å². The van der Waals surface area contributed by atoms with Crippen LogP contribution < -0.4 is 15.2 Å². The summed E-state index contributed by atoms with van der Waals surface area (Å²) < 4.78 is 11.1. The zero-order chi connectivity index (χ0) is 13.8. The van der Waals surface area contributed by atoms with Gasteiger partial charge in [0.15, 0.2) is 0 Å². The van der Waals surface area contributed by atoms with Crippen molar-refractivity contribution in [3.63, 3.8) is 0 Å². The van der Waals surface area contributed by atoms with Crippen LogP contribution in [0.1, 0.15) is 19.8 Å². The van der Waals surface area contributed by atoms with Gasteiger partial charge in [0.05, 0.1) is 12.8 Å². The molecule has 2 N–H and O–H groups in total. The van der Waals surface area contributed by atoms with Crippen LogP contribution in [-0.2, 0) is 4.79 Å². The number of likely N-dealkylation sites (tertiary alicyclic amines) is 1. The molecule has 1 aromatic rings. The van der Waals surface area contributed by atoms with E-state index in [1.54, 1.807) is 26.2 Å². The third-order valence-corrected chi connectivity index (χ3v) is 3.40. The minimum atomic E-state index is 0.132. The lowest BCUT2D eigenvalue weighted by Gasteiger charge is -2.31. The van der Waals surface area contributed by atoms with Crippen molar-refractivity contribution in [3.05, 3.63) is 18.2 Å². The molecule has 5 heteroatoms. The quantitative estimate of drug-likeness (QED) is 0.843. The van der Waals surface area contributed by atoms with Crippen LogP contribution in [0.15, 0.2) is 18.2 Å². The first-order valence-corrected chi connectivity index (χ1v) is 6.46. The van der Waals surface area contributed by atoms with Crippen LogP contribution in [0.2, 0.25) is 0 Å². The molecule has 1 aliphatic heterocycles. The molecular formula is C14H20N2O3. The smallest absolute Gasteiger partial charge is 0.219 e. The number of anilines is 1. The van der Waals surface area contributed by atoms with Crippen LogP contribution in [0, 0.1) is 0 Å². The Bertz CT molecular complexity index is 454. The van der Waals surface area contributed by atoms with Crippen molar-refractivity contribution in [1.82, 2.24) is 4.90 Å². The Morgan fingerprint density at radius 1 is 1.37 bits per heavy atom. The normalized spacial score (nSPS) is 16.2. The van der Waals surface area contributed by atoms with Crippen molar-refractivity contribution < 1.29 is 14.3 Å². The van der Waals surface area contributed by atoms with Gasteiger partial charge in [0.1, 0.15) is 17.6 Å². The molecule has 1 heterocycles. The highest BCUT2D eigenvalue weighted by Gasteiger charge is 2.22. The Labute approximate surface area is 113 Å². The summed E-state index contributed by atoms with van der Waals surface area (Å²) in [7, 11) is 1.58. The fourth-order valence-corrected chi connectivity index (χ4v) is 2.25. The van der Waals surface area contributed by atoms with Crippen LogP contribution in [0.3, 0.4) is 0 Å². The molecule has 1 amide bonds. The lowest BCUT2D eigenvalue weighted by atomic mass is 10.1. The standard InChI is InChI=1S/C14H20N2O3/c1-10(17)16-7-5-11(6-8-16)19-12-3-4-13(15)14(9-12)18-2/h3-4,9,11H,5-8,15H2,1-2H3. The van der Waals surface area contributed by atoms with Gasteiger partial charge in [0.2, 0.25) is 5.91 Å². The molecule has 1 fully saturated rings. The van der Waals surface area contributed by atoms with E-state index in [1.165, 1.54) is 0 Å². The number of carbonyl (C=O) groups excluding carboxylic acids is 1. The molecule has 19 heavy (non-hydrogen) atoms. The number of piperidine rings is 1. The number of hydrogen-bond donors (Lipinski definition) is 1. The zero-order valence-corrected chi connectivity index (χ0v) is 11.4. The molecule has 104 valence electrons. The van der Waals surface area contributed by atoms with Crippen molar-refractivity contribution in [2.45, 2.75) is 25.9 Å². The van der Waals surface area contributed by atoms with Gasteiger partial charge in [0.25, 0.3) is 0 Å². The Balaban J connectivity index is 1.94. The van der Waals surface area contributed by atoms with E-state index < -0.39 is 0 Å². The van der Waals surface area contributed by atoms with Crippen LogP contribution in [0.25, 0.3) is 0 Å². The molecule has 1 aliphatic rings. The van der Waals surface area contributed by atoms with Gasteiger partial charge in [-0.15, -0.1) is 0 Å². The number of amides is 1. The van der Waals surface area contributed by atoms with E-state index >= 15 is 0 Å². The van der Waals surface area contributed by atoms with E-state index in [2.05, 4.69) is 0 Å². The van der Waals surface area contributed by atoms with Crippen molar-refractivity contribution in [3.8, 4) is 11.5 Å². The molecule has 1 aromatic carbocycles. The van der Waals surface area contributed by atoms with Gasteiger partial charge < -0.3 is 20.1 Å². The average Bonchev–Trinajstić information content (AvgIpc) is 2.41. The van der Waals surface area contributed by atoms with Crippen LogP contribution >= 0.6 is 0 Å². The summed E-state index contributed by atoms with van der Waals surface area (Å²) in [5.41, 5.74) is 6.36. The third kappa shape index (κ3) is 3.30. The van der Waals surface area contributed by atoms with Gasteiger partial charge in [-0.2, -0.15) is 0 Å². The summed E-state index contributed by atoms with van der Waals surface area (Å²) in [4.78, 5) is 13.1. The topological polar surface area (TPSA) is 64.8 Å². The Kier molecular flexibility index (Phi) is 4.14. The zero-order valence-electron chi connectivity index (χ0n) is 11.4. The number of hydrogen-bond acceptors (Lipinski definition) is 4. The molecule has 0 unspecified atom stereocenters. The number of nitrogens with zero attached hydrogens (tertiary/aromatic N) is 1. The maximum Gasteiger partial charge on any atom is 0.219 e. The number of nitrogen functional groups attached to an aromatic ring is 1. The summed E-state index contributed by atoms with van der Waals surface area (Å²) in [6.07, 6.45) is 1.85. The second-order valence-corrected chi connectivity index (χ2v) is 4.73. The second-order valence-electron chi connectivity index (χ2n) is 4.73. The van der Waals surface area contributed by atoms with Crippen molar-refractivity contribution in [1.29, 1.82) is 0 Å². The van der Waals surface area contributed by atoms with Gasteiger partial charge >= 0.3 is 0 Å². The van der Waals surface area contributed by atoms with Crippen LogP contribution in [0.5, 0.6) is 11.5 Å². The Morgan fingerprint density at radius 3 is 2.63 bits per heavy atom. The van der Waals surface area contributed by atoms with Crippen molar-refractivity contribution in [2.75, 3.05) is 25.9 Å². The van der Waals surface area contributed by atoms with Gasteiger partial charge in [-0.3, -0.25) is 4.79 Å². The first kappa shape index (κ1) is 13.5. The summed E-state index contributed by atoms with van der Waals surface area (Å²) in [6, 6.07) is 5.42. The SMILES string of the molecule is COc1cc(OC2CCN(C(C)=O)CC2)ccc1N. The number of carbonyl (C=O) groups is 1. The second kappa shape index (κ2) is 5.82. The van der Waals surface area contributed by atoms with E-state index in [1.807, 2.05) is 11.0 Å². The van der Waals surface area contributed by atoms with E-state index in [4.69, 9.17) is 15.2 Å². The molecule has 0 bridgehead atoms. The van der Waals surface area contributed by atoms with Gasteiger partial charge in [-0.1, -0.05) is 0 Å². The van der Waals surface area contributed by atoms with Crippen LogP contribution in [-0.4, -0.2) is 37.1 Å². The minimum Gasteiger partial charge on any atom is -0.494 e. The van der Waals surface area contributed by atoms with Gasteiger partial charge in [0, 0.05) is 38.9 Å². The van der Waals surface area contributed by atoms with Crippen molar-refractivity contribution in [2.24, 2.45) is 0 Å². The number of nitrogens with two attached hydrogens (primary N) is 1. The molecule has 0 saturated carbocycles. The Hall–Kier alpha value is -1.91. The highest BCUT2D eigenvalue weighted by atomic mass is 16.5. The molecule has 5 nitrogen and oxygen atoms in total. The maximum atomic E-state index is 11.2. The number of ether oxygens (including phenoxy) is 2. The lowest BCUT2D eigenvalue weighted by Crippen LogP contribution is -2.40. The highest BCUT2D eigenvalue weighted by molar-refractivity contribution is 5.73. The largest absolute Gasteiger partial charge is 0.494 e. The maximum absolute atomic E-state index is 11.2. The van der Waals surface area contributed by atoms with Gasteiger partial charge in [-0.05, 0) is 12.1 Å². The summed E-state index contributed by atoms with van der Waals surface area (Å²) in [5.74, 6) is 1.51. The molecule has 0 spiro atoms. The van der Waals surface area contributed by atoms with E-state index in [0.717, 1.165) is 31.7 Å². The van der Waals surface area contributed by atoms with Gasteiger partial charge in [-0.25, -0.2) is 0 Å². The monoisotopic (exact) mass is 264 g/mol. The highest BCUT2D eigenvalue weighted by Crippen LogP contribution is 2.28. The molecule has 0 atom stereocenters. The van der Waals surface area contributed by atoms with E-state index in [9.17, 15) is 4.79 Å². The minimum absolute atomic E-state index is 0.132. The number of benzene rings is 1. The average molecular weight is 264 g/mol. The van der Waals surface area contributed by atoms with E-state index in [-0.39, 0.29) is 12.0 Å².